The van der Waals surface area contributed by atoms with Crippen molar-refractivity contribution in [1.82, 2.24) is 14.6 Å². The first-order chi connectivity index (χ1) is 9.81. The fourth-order valence-corrected chi connectivity index (χ4v) is 2.10. The second-order valence-electron chi connectivity index (χ2n) is 6.23. The molecule has 6 nitrogen and oxygen atoms in total. The molecule has 0 radical (unpaired) electrons. The highest BCUT2D eigenvalue weighted by molar-refractivity contribution is 5.71. The van der Waals surface area contributed by atoms with Crippen LogP contribution in [0.2, 0.25) is 0 Å². The monoisotopic (exact) mass is 290 g/mol. The second-order valence-corrected chi connectivity index (χ2v) is 6.23. The van der Waals surface area contributed by atoms with Crippen LogP contribution >= 0.6 is 0 Å². The molecule has 1 atom stereocenters. The zero-order valence-electron chi connectivity index (χ0n) is 12.9. The minimum absolute atomic E-state index is 0.0471. The Bertz CT molecular complexity index is 643. The van der Waals surface area contributed by atoms with Gasteiger partial charge < -0.3 is 10.4 Å². The van der Waals surface area contributed by atoms with Gasteiger partial charge >= 0.3 is 5.97 Å². The van der Waals surface area contributed by atoms with Crippen LogP contribution in [0.5, 0.6) is 0 Å². The number of nitrogens with one attached hydrogen (secondary N) is 1. The van der Waals surface area contributed by atoms with Gasteiger partial charge in [-0.1, -0.05) is 27.7 Å². The topological polar surface area (TPSA) is 79.5 Å². The van der Waals surface area contributed by atoms with Crippen molar-refractivity contribution >= 4 is 17.3 Å². The van der Waals surface area contributed by atoms with Crippen molar-refractivity contribution in [2.45, 2.75) is 52.0 Å². The quantitative estimate of drug-likeness (QED) is 0.885. The summed E-state index contributed by atoms with van der Waals surface area (Å²) >= 11 is 0. The zero-order chi connectivity index (χ0) is 15.6. The Labute approximate surface area is 124 Å². The molecule has 0 saturated carbocycles. The Balaban J connectivity index is 2.35. The van der Waals surface area contributed by atoms with Crippen LogP contribution < -0.4 is 5.32 Å². The van der Waals surface area contributed by atoms with Crippen LogP contribution in [0.3, 0.4) is 0 Å². The summed E-state index contributed by atoms with van der Waals surface area (Å²) in [6, 6.07) is 1.86. The van der Waals surface area contributed by atoms with Crippen LogP contribution in [0, 0.1) is 0 Å². The molecule has 1 unspecified atom stereocenters. The van der Waals surface area contributed by atoms with Gasteiger partial charge in [0.05, 0.1) is 12.1 Å². The third kappa shape index (κ3) is 3.51. The summed E-state index contributed by atoms with van der Waals surface area (Å²) < 4.78 is 1.78. The van der Waals surface area contributed by atoms with Crippen LogP contribution in [0.25, 0.3) is 5.52 Å². The molecule has 0 amide bonds. The summed E-state index contributed by atoms with van der Waals surface area (Å²) in [5.41, 5.74) is 1.80. The molecule has 2 rings (SSSR count). The molecule has 2 aromatic rings. The van der Waals surface area contributed by atoms with Gasteiger partial charge in [-0.3, -0.25) is 4.79 Å². The number of carboxylic acids is 1. The standard InChI is InChI=1S/C15H22N4O2/c1-5-10(8-13(20)21)17-14-11-9-12(15(2,3)4)18-19(11)7-6-16-14/h6-7,9-10H,5,8H2,1-4H3,(H,16,17)(H,20,21). The third-order valence-corrected chi connectivity index (χ3v) is 3.41. The maximum atomic E-state index is 10.9. The molecular weight excluding hydrogens is 268 g/mol. The first-order valence-corrected chi connectivity index (χ1v) is 7.14. The largest absolute Gasteiger partial charge is 0.481 e. The lowest BCUT2D eigenvalue weighted by Gasteiger charge is -2.15. The van der Waals surface area contributed by atoms with Gasteiger partial charge in [0.1, 0.15) is 5.52 Å². The second kappa shape index (κ2) is 5.71. The molecule has 21 heavy (non-hydrogen) atoms. The van der Waals surface area contributed by atoms with E-state index in [0.29, 0.717) is 5.82 Å². The van der Waals surface area contributed by atoms with Crippen molar-refractivity contribution in [3.8, 4) is 0 Å². The van der Waals surface area contributed by atoms with Crippen LogP contribution in [0.15, 0.2) is 18.5 Å². The molecule has 0 fully saturated rings. The number of carboxylic acid groups (broad SMARTS) is 1. The van der Waals surface area contributed by atoms with Crippen molar-refractivity contribution < 1.29 is 9.90 Å². The highest BCUT2D eigenvalue weighted by atomic mass is 16.4. The van der Waals surface area contributed by atoms with E-state index in [2.05, 4.69) is 36.2 Å². The van der Waals surface area contributed by atoms with E-state index in [4.69, 9.17) is 5.11 Å². The first-order valence-electron chi connectivity index (χ1n) is 7.14. The molecule has 0 bridgehead atoms. The minimum Gasteiger partial charge on any atom is -0.481 e. The first kappa shape index (κ1) is 15.3. The average Bonchev–Trinajstić information content (AvgIpc) is 2.82. The third-order valence-electron chi connectivity index (χ3n) is 3.41. The molecule has 0 spiro atoms. The van der Waals surface area contributed by atoms with E-state index in [1.807, 2.05) is 13.0 Å². The summed E-state index contributed by atoms with van der Waals surface area (Å²) in [7, 11) is 0. The Kier molecular flexibility index (Phi) is 4.16. The molecule has 0 aliphatic carbocycles. The normalized spacial score (nSPS) is 13.3. The van der Waals surface area contributed by atoms with Gasteiger partial charge in [-0.05, 0) is 12.5 Å². The number of nitrogens with zero attached hydrogens (tertiary/aromatic N) is 3. The van der Waals surface area contributed by atoms with E-state index in [-0.39, 0.29) is 17.9 Å². The number of aromatic nitrogens is 3. The van der Waals surface area contributed by atoms with E-state index >= 15 is 0 Å². The fourth-order valence-electron chi connectivity index (χ4n) is 2.10. The zero-order valence-corrected chi connectivity index (χ0v) is 12.9. The van der Waals surface area contributed by atoms with Gasteiger partial charge in [0, 0.05) is 23.9 Å². The molecule has 0 aliphatic heterocycles. The van der Waals surface area contributed by atoms with Crippen LogP contribution in [0.1, 0.15) is 46.2 Å². The van der Waals surface area contributed by atoms with E-state index in [9.17, 15) is 4.79 Å². The number of carbonyl (C=O) groups is 1. The molecule has 2 N–H and O–H groups in total. The van der Waals surface area contributed by atoms with Crippen LogP contribution in [0.4, 0.5) is 5.82 Å². The van der Waals surface area contributed by atoms with Crippen molar-refractivity contribution in [3.05, 3.63) is 24.2 Å². The average molecular weight is 290 g/mol. The SMILES string of the molecule is CCC(CC(=O)O)Nc1nccn2nc(C(C)(C)C)cc12. The molecule has 0 aromatic carbocycles. The van der Waals surface area contributed by atoms with Gasteiger partial charge in [0.2, 0.25) is 0 Å². The predicted molar refractivity (Wildman–Crippen MR) is 81.6 cm³/mol. The fraction of sp³-hybridized carbons (Fsp3) is 0.533. The van der Waals surface area contributed by atoms with Gasteiger partial charge in [0.25, 0.3) is 0 Å². The summed E-state index contributed by atoms with van der Waals surface area (Å²) in [5.74, 6) is -0.140. The van der Waals surface area contributed by atoms with Crippen LogP contribution in [-0.2, 0) is 10.2 Å². The van der Waals surface area contributed by atoms with Gasteiger partial charge in [-0.2, -0.15) is 5.10 Å². The molecule has 2 heterocycles. The maximum Gasteiger partial charge on any atom is 0.305 e. The maximum absolute atomic E-state index is 10.9. The molecule has 6 heteroatoms. The Morgan fingerprint density at radius 1 is 1.48 bits per heavy atom. The predicted octanol–water partition coefficient (Wildman–Crippen LogP) is 2.69. The van der Waals surface area contributed by atoms with Crippen molar-refractivity contribution in [3.63, 3.8) is 0 Å². The smallest absolute Gasteiger partial charge is 0.305 e. The number of anilines is 1. The summed E-state index contributed by atoms with van der Waals surface area (Å²) in [5, 5.41) is 16.7. The lowest BCUT2D eigenvalue weighted by Crippen LogP contribution is -2.23. The van der Waals surface area contributed by atoms with Gasteiger partial charge in [0.15, 0.2) is 5.82 Å². The Hall–Kier alpha value is -2.11. The van der Waals surface area contributed by atoms with Crippen molar-refractivity contribution in [2.24, 2.45) is 0 Å². The molecule has 2 aromatic heterocycles. The van der Waals surface area contributed by atoms with E-state index in [1.54, 1.807) is 16.9 Å². The minimum atomic E-state index is -0.815. The Morgan fingerprint density at radius 2 is 2.19 bits per heavy atom. The lowest BCUT2D eigenvalue weighted by molar-refractivity contribution is -0.137. The number of aliphatic carboxylic acids is 1. The van der Waals surface area contributed by atoms with Crippen molar-refractivity contribution in [2.75, 3.05) is 5.32 Å². The van der Waals surface area contributed by atoms with Crippen LogP contribution in [-0.4, -0.2) is 31.7 Å². The lowest BCUT2D eigenvalue weighted by atomic mass is 9.92. The van der Waals surface area contributed by atoms with Gasteiger partial charge in [-0.15, -0.1) is 0 Å². The Morgan fingerprint density at radius 3 is 2.76 bits per heavy atom. The van der Waals surface area contributed by atoms with Crippen molar-refractivity contribution in [1.29, 1.82) is 0 Å². The molecule has 0 aliphatic rings. The molecule has 0 saturated heterocycles. The van der Waals surface area contributed by atoms with E-state index in [1.165, 1.54) is 0 Å². The summed E-state index contributed by atoms with van der Waals surface area (Å²) in [6.45, 7) is 8.27. The van der Waals surface area contributed by atoms with Gasteiger partial charge in [-0.25, -0.2) is 9.50 Å². The number of hydrogen-bond donors (Lipinski definition) is 2. The molecule has 114 valence electrons. The number of hydrogen-bond acceptors (Lipinski definition) is 4. The highest BCUT2D eigenvalue weighted by Crippen LogP contribution is 2.25. The van der Waals surface area contributed by atoms with E-state index in [0.717, 1.165) is 17.6 Å². The number of rotatable bonds is 5. The summed E-state index contributed by atoms with van der Waals surface area (Å²) in [6.07, 6.45) is 4.25. The summed E-state index contributed by atoms with van der Waals surface area (Å²) in [4.78, 5) is 15.2. The molecular formula is C15H22N4O2. The number of fused-ring (bicyclic) bond motifs is 1. The van der Waals surface area contributed by atoms with E-state index < -0.39 is 5.97 Å². The highest BCUT2D eigenvalue weighted by Gasteiger charge is 2.20.